The van der Waals surface area contributed by atoms with Crippen molar-refractivity contribution < 1.29 is 37.3 Å². The molecular formula is C30H37F3N6O5. The topological polar surface area (TPSA) is 123 Å². The smallest absolute Gasteiger partial charge is 0.453 e. The van der Waals surface area contributed by atoms with Crippen molar-refractivity contribution in [2.75, 3.05) is 13.2 Å². The van der Waals surface area contributed by atoms with Gasteiger partial charge in [0, 0.05) is 12.1 Å². The minimum atomic E-state index is -4.82. The molecule has 0 radical (unpaired) electrons. The number of carbonyl (C=O) groups excluding carboxylic acids is 1. The molecule has 1 aromatic heterocycles. The van der Waals surface area contributed by atoms with Crippen LogP contribution in [0.4, 0.5) is 22.8 Å². The Kier molecular flexibility index (Phi) is 9.69. The predicted octanol–water partition coefficient (Wildman–Crippen LogP) is 6.34. The van der Waals surface area contributed by atoms with Crippen LogP contribution in [0.3, 0.4) is 0 Å². The van der Waals surface area contributed by atoms with E-state index in [0.717, 1.165) is 0 Å². The summed E-state index contributed by atoms with van der Waals surface area (Å²) in [5, 5.41) is 20.1. The molecular weight excluding hydrogens is 581 g/mol. The number of amides is 2. The molecule has 3 aromatic rings. The maximum atomic E-state index is 13.9. The third-order valence-electron chi connectivity index (χ3n) is 6.94. The van der Waals surface area contributed by atoms with Crippen LogP contribution in [-0.4, -0.2) is 72.1 Å². The highest BCUT2D eigenvalue weighted by molar-refractivity contribution is 5.70. The standard InChI is InChI=1S/C30H37F3N6O5/c1-19(2)18-43-24-14-13-22(39-26(30(31,32)33)34-35-36-39)16-21(24)17-38(28(42)44-29(3,4)5)23-12-9-15-37(27(40)41)25(23)20-10-7-6-8-11-20/h6-8,10-11,13-14,16,19,23,25H,9,12,15,17-18H2,1-5H3,(H,40,41)/t23-,25-/m0/s1. The van der Waals surface area contributed by atoms with E-state index in [1.54, 1.807) is 45.0 Å². The maximum Gasteiger partial charge on any atom is 0.453 e. The van der Waals surface area contributed by atoms with Crippen LogP contribution in [0.2, 0.25) is 0 Å². The number of carboxylic acid groups (broad SMARTS) is 1. The van der Waals surface area contributed by atoms with E-state index in [-0.39, 0.29) is 24.7 Å². The van der Waals surface area contributed by atoms with Crippen LogP contribution < -0.4 is 4.74 Å². The number of alkyl halides is 3. The second-order valence-electron chi connectivity index (χ2n) is 12.1. The Morgan fingerprint density at radius 3 is 2.43 bits per heavy atom. The summed E-state index contributed by atoms with van der Waals surface area (Å²) in [6.07, 6.45) is -5.71. The molecule has 2 amide bonds. The molecule has 0 bridgehead atoms. The number of halogens is 3. The van der Waals surface area contributed by atoms with Crippen LogP contribution >= 0.6 is 0 Å². The monoisotopic (exact) mass is 618 g/mol. The molecule has 2 atom stereocenters. The fourth-order valence-electron chi connectivity index (χ4n) is 5.15. The second kappa shape index (κ2) is 13.1. The summed E-state index contributed by atoms with van der Waals surface area (Å²) < 4.78 is 53.4. The van der Waals surface area contributed by atoms with Crippen LogP contribution in [-0.2, 0) is 17.5 Å². The van der Waals surface area contributed by atoms with E-state index in [2.05, 4.69) is 15.5 Å². The van der Waals surface area contributed by atoms with Crippen molar-refractivity contribution in [2.45, 2.75) is 77.9 Å². The maximum absolute atomic E-state index is 13.9. The number of piperidine rings is 1. The molecule has 1 aliphatic rings. The summed E-state index contributed by atoms with van der Waals surface area (Å²) in [6, 6.07) is 12.0. The van der Waals surface area contributed by atoms with Crippen molar-refractivity contribution in [3.63, 3.8) is 0 Å². The summed E-state index contributed by atoms with van der Waals surface area (Å²) in [5.74, 6) is -0.831. The summed E-state index contributed by atoms with van der Waals surface area (Å²) in [5.41, 5.74) is 0.193. The van der Waals surface area contributed by atoms with Crippen molar-refractivity contribution >= 4 is 12.2 Å². The number of ether oxygens (including phenoxy) is 2. The van der Waals surface area contributed by atoms with Crippen molar-refractivity contribution in [3.8, 4) is 11.4 Å². The van der Waals surface area contributed by atoms with Gasteiger partial charge in [0.25, 0.3) is 5.82 Å². The minimum absolute atomic E-state index is 0.00813. The number of aromatic nitrogens is 4. The number of hydrogen-bond acceptors (Lipinski definition) is 7. The Morgan fingerprint density at radius 2 is 1.82 bits per heavy atom. The van der Waals surface area contributed by atoms with Gasteiger partial charge in [0.05, 0.1) is 30.9 Å². The lowest BCUT2D eigenvalue weighted by molar-refractivity contribution is -0.146. The fourth-order valence-corrected chi connectivity index (χ4v) is 5.15. The summed E-state index contributed by atoms with van der Waals surface area (Å²) in [6.45, 7) is 9.48. The summed E-state index contributed by atoms with van der Waals surface area (Å²) >= 11 is 0. The lowest BCUT2D eigenvalue weighted by atomic mass is 9.89. The zero-order valence-electron chi connectivity index (χ0n) is 25.3. The van der Waals surface area contributed by atoms with Gasteiger partial charge >= 0.3 is 18.4 Å². The van der Waals surface area contributed by atoms with Crippen LogP contribution in [0.25, 0.3) is 5.69 Å². The molecule has 0 unspecified atom stereocenters. The van der Waals surface area contributed by atoms with Crippen LogP contribution in [0.1, 0.15) is 70.5 Å². The van der Waals surface area contributed by atoms with Crippen molar-refractivity contribution in [2.24, 2.45) is 5.92 Å². The van der Waals surface area contributed by atoms with Gasteiger partial charge in [0.2, 0.25) is 0 Å². The molecule has 14 heteroatoms. The van der Waals surface area contributed by atoms with Crippen molar-refractivity contribution in [3.05, 3.63) is 65.5 Å². The van der Waals surface area contributed by atoms with E-state index in [1.807, 2.05) is 19.9 Å². The molecule has 1 aliphatic heterocycles. The molecule has 4 rings (SSSR count). The Bertz CT molecular complexity index is 1440. The molecule has 238 valence electrons. The Hall–Kier alpha value is -4.36. The molecule has 0 spiro atoms. The van der Waals surface area contributed by atoms with Gasteiger partial charge in [0.1, 0.15) is 11.4 Å². The van der Waals surface area contributed by atoms with E-state index in [1.165, 1.54) is 28.0 Å². The van der Waals surface area contributed by atoms with Gasteiger partial charge in [-0.25, -0.2) is 9.59 Å². The van der Waals surface area contributed by atoms with Gasteiger partial charge < -0.3 is 14.6 Å². The molecule has 2 heterocycles. The van der Waals surface area contributed by atoms with Crippen LogP contribution in [0.5, 0.6) is 5.75 Å². The molecule has 11 nitrogen and oxygen atoms in total. The molecule has 1 fully saturated rings. The predicted molar refractivity (Wildman–Crippen MR) is 153 cm³/mol. The van der Waals surface area contributed by atoms with Gasteiger partial charge in [-0.2, -0.15) is 17.9 Å². The molecule has 44 heavy (non-hydrogen) atoms. The van der Waals surface area contributed by atoms with E-state index >= 15 is 0 Å². The molecule has 0 aliphatic carbocycles. The van der Waals surface area contributed by atoms with E-state index in [4.69, 9.17) is 9.47 Å². The average Bonchev–Trinajstić information content (AvgIpc) is 3.45. The molecule has 0 saturated carbocycles. The first-order valence-electron chi connectivity index (χ1n) is 14.3. The zero-order valence-corrected chi connectivity index (χ0v) is 25.3. The normalized spacial score (nSPS) is 17.4. The number of benzene rings is 2. The van der Waals surface area contributed by atoms with Crippen molar-refractivity contribution in [1.29, 1.82) is 0 Å². The Balaban J connectivity index is 1.84. The molecule has 2 aromatic carbocycles. The third-order valence-corrected chi connectivity index (χ3v) is 6.94. The van der Waals surface area contributed by atoms with Gasteiger partial charge in [-0.1, -0.05) is 44.2 Å². The minimum Gasteiger partial charge on any atom is -0.493 e. The Labute approximate surface area is 253 Å². The largest absolute Gasteiger partial charge is 0.493 e. The van der Waals surface area contributed by atoms with Crippen LogP contribution in [0, 0.1) is 5.92 Å². The summed E-state index contributed by atoms with van der Waals surface area (Å²) in [7, 11) is 0. The highest BCUT2D eigenvalue weighted by Gasteiger charge is 2.42. The van der Waals surface area contributed by atoms with Gasteiger partial charge in [0.15, 0.2) is 0 Å². The van der Waals surface area contributed by atoms with E-state index < -0.39 is 41.9 Å². The lowest BCUT2D eigenvalue weighted by Crippen LogP contribution is -2.54. The number of nitrogens with zero attached hydrogens (tertiary/aromatic N) is 6. The third kappa shape index (κ3) is 7.77. The second-order valence-corrected chi connectivity index (χ2v) is 12.1. The Morgan fingerprint density at radius 1 is 1.11 bits per heavy atom. The number of carbonyl (C=O) groups is 2. The number of rotatable bonds is 8. The number of tetrazole rings is 1. The number of likely N-dealkylation sites (tertiary alicyclic amines) is 1. The van der Waals surface area contributed by atoms with Gasteiger partial charge in [-0.05, 0) is 73.7 Å². The highest BCUT2D eigenvalue weighted by atomic mass is 19.4. The average molecular weight is 619 g/mol. The number of hydrogen-bond donors (Lipinski definition) is 1. The van der Waals surface area contributed by atoms with E-state index in [9.17, 15) is 27.9 Å². The lowest BCUT2D eigenvalue weighted by Gasteiger charge is -2.45. The quantitative estimate of drug-likeness (QED) is 0.311. The first kappa shape index (κ1) is 32.6. The van der Waals surface area contributed by atoms with Gasteiger partial charge in [-0.3, -0.25) is 9.80 Å². The summed E-state index contributed by atoms with van der Waals surface area (Å²) in [4.78, 5) is 29.1. The van der Waals surface area contributed by atoms with Crippen molar-refractivity contribution in [1.82, 2.24) is 30.0 Å². The molecule has 1 N–H and O–H groups in total. The fraction of sp³-hybridized carbons (Fsp3) is 0.500. The molecule has 1 saturated heterocycles. The van der Waals surface area contributed by atoms with Gasteiger partial charge in [-0.15, -0.1) is 5.10 Å². The first-order valence-corrected chi connectivity index (χ1v) is 14.3. The SMILES string of the molecule is CC(C)COc1ccc(-n2nnnc2C(F)(F)F)cc1CN(C(=O)OC(C)(C)C)[C@H]1CCCN(C(=O)O)[C@H]1c1ccccc1. The highest BCUT2D eigenvalue weighted by Crippen LogP contribution is 2.38. The van der Waals surface area contributed by atoms with E-state index in [0.29, 0.717) is 41.0 Å². The van der Waals surface area contributed by atoms with Crippen LogP contribution in [0.15, 0.2) is 48.5 Å². The first-order chi connectivity index (χ1) is 20.7. The zero-order chi connectivity index (χ0) is 32.2.